The number of rotatable bonds is 8. The summed E-state index contributed by atoms with van der Waals surface area (Å²) in [6.07, 6.45) is 0.862. The van der Waals surface area contributed by atoms with Gasteiger partial charge < -0.3 is 18.9 Å². The first kappa shape index (κ1) is 30.5. The van der Waals surface area contributed by atoms with E-state index in [0.717, 1.165) is 30.8 Å². The molecule has 16 heteroatoms. The van der Waals surface area contributed by atoms with Crippen LogP contribution in [0.1, 0.15) is 26.8 Å². The number of pyridine rings is 1. The van der Waals surface area contributed by atoms with Gasteiger partial charge in [-0.25, -0.2) is 17.9 Å². The van der Waals surface area contributed by atoms with Crippen molar-refractivity contribution in [3.8, 4) is 11.3 Å². The monoisotopic (exact) mass is 658 g/mol. The second kappa shape index (κ2) is 13.0. The summed E-state index contributed by atoms with van der Waals surface area (Å²) in [5.41, 5.74) is -1.18. The van der Waals surface area contributed by atoms with Gasteiger partial charge in [-0.15, -0.1) is 5.10 Å². The molecule has 1 aliphatic heterocycles. The third kappa shape index (κ3) is 7.42. The summed E-state index contributed by atoms with van der Waals surface area (Å²) < 4.78 is 65.8. The lowest BCUT2D eigenvalue weighted by atomic mass is 9.96. The number of ether oxygens (including phenoxy) is 4. The summed E-state index contributed by atoms with van der Waals surface area (Å²) in [4.78, 5) is 40.8. The lowest BCUT2D eigenvalue weighted by Crippen LogP contribution is -2.57. The van der Waals surface area contributed by atoms with Gasteiger partial charge in [0.2, 0.25) is 0 Å². The second-order valence-electron chi connectivity index (χ2n) is 8.78. The van der Waals surface area contributed by atoms with Gasteiger partial charge >= 0.3 is 17.9 Å². The molecule has 2 aromatic heterocycles. The molecule has 41 heavy (non-hydrogen) atoms. The first-order valence-corrected chi connectivity index (χ1v) is 13.6. The Labute approximate surface area is 243 Å². The second-order valence-corrected chi connectivity index (χ2v) is 10.9. The van der Waals surface area contributed by atoms with Crippen LogP contribution in [0.3, 0.4) is 0 Å². The Hall–Kier alpha value is -3.50. The Kier molecular flexibility index (Phi) is 9.65. The molecule has 5 atom stereocenters. The minimum absolute atomic E-state index is 0.0608. The highest BCUT2D eigenvalue weighted by Gasteiger charge is 2.52. The van der Waals surface area contributed by atoms with Crippen LogP contribution in [0.4, 0.5) is 13.2 Å². The van der Waals surface area contributed by atoms with Gasteiger partial charge in [0, 0.05) is 48.1 Å². The zero-order valence-electron chi connectivity index (χ0n) is 21.6. The number of thioether (sulfide) groups is 1. The number of aromatic nitrogens is 4. The van der Waals surface area contributed by atoms with E-state index in [-0.39, 0.29) is 17.9 Å². The highest BCUT2D eigenvalue weighted by Crippen LogP contribution is 2.41. The number of hydrogen-bond donors (Lipinski definition) is 0. The molecule has 3 heterocycles. The van der Waals surface area contributed by atoms with Crippen molar-refractivity contribution in [3.05, 3.63) is 58.7 Å². The quantitative estimate of drug-likeness (QED) is 0.198. The Morgan fingerprint density at radius 2 is 1.66 bits per heavy atom. The van der Waals surface area contributed by atoms with Crippen molar-refractivity contribution in [1.29, 1.82) is 0 Å². The largest absolute Gasteiger partial charge is 0.463 e. The molecule has 1 aromatic carbocycles. The zero-order valence-corrected chi connectivity index (χ0v) is 24.0. The SMILES string of the molecule is CC(=O)OCC1O[C@H](Sc2cncc(Br)c2)[C@@H](OC(C)=O)C(n2cc(-c3cc(F)c(F)c(F)c3)nn2)[C@H]1OC(C)=O. The van der Waals surface area contributed by atoms with Crippen LogP contribution < -0.4 is 0 Å². The molecule has 1 fully saturated rings. The molecule has 0 radical (unpaired) electrons. The fraction of sp³-hybridized carbons (Fsp3) is 0.360. The summed E-state index contributed by atoms with van der Waals surface area (Å²) in [7, 11) is 0. The molecule has 0 bridgehead atoms. The predicted molar refractivity (Wildman–Crippen MR) is 139 cm³/mol. The lowest BCUT2D eigenvalue weighted by Gasteiger charge is -2.44. The van der Waals surface area contributed by atoms with Crippen molar-refractivity contribution in [2.75, 3.05) is 6.61 Å². The molecule has 4 rings (SSSR count). The summed E-state index contributed by atoms with van der Waals surface area (Å²) in [6.45, 7) is 3.15. The number of halogens is 4. The van der Waals surface area contributed by atoms with Crippen molar-refractivity contribution in [2.24, 2.45) is 0 Å². The number of nitrogens with zero attached hydrogens (tertiary/aromatic N) is 4. The van der Waals surface area contributed by atoms with Gasteiger partial charge in [0.1, 0.15) is 29.9 Å². The van der Waals surface area contributed by atoms with Crippen molar-refractivity contribution < 1.29 is 46.5 Å². The van der Waals surface area contributed by atoms with Gasteiger partial charge in [-0.05, 0) is 34.1 Å². The van der Waals surface area contributed by atoms with Crippen LogP contribution in [0.5, 0.6) is 0 Å². The fourth-order valence-electron chi connectivity index (χ4n) is 4.13. The van der Waals surface area contributed by atoms with Crippen molar-refractivity contribution in [3.63, 3.8) is 0 Å². The third-order valence-electron chi connectivity index (χ3n) is 5.70. The Balaban J connectivity index is 1.82. The average molecular weight is 659 g/mol. The molecular formula is C25H22BrF3N4O7S. The third-order valence-corrected chi connectivity index (χ3v) is 7.24. The van der Waals surface area contributed by atoms with E-state index in [2.05, 4.69) is 31.2 Å². The van der Waals surface area contributed by atoms with E-state index in [1.165, 1.54) is 24.7 Å². The summed E-state index contributed by atoms with van der Waals surface area (Å²) in [5.74, 6) is -6.58. The summed E-state index contributed by atoms with van der Waals surface area (Å²) in [5, 5.41) is 8.00. The van der Waals surface area contributed by atoms with E-state index < -0.39 is 65.1 Å². The van der Waals surface area contributed by atoms with Crippen LogP contribution in [0.25, 0.3) is 11.3 Å². The minimum atomic E-state index is -1.65. The van der Waals surface area contributed by atoms with Gasteiger partial charge in [-0.1, -0.05) is 17.0 Å². The molecule has 1 aliphatic rings. The van der Waals surface area contributed by atoms with Crippen LogP contribution in [0.15, 0.2) is 46.2 Å². The van der Waals surface area contributed by atoms with Gasteiger partial charge in [-0.3, -0.25) is 19.4 Å². The number of carbonyl (C=O) groups excluding carboxylic acids is 3. The van der Waals surface area contributed by atoms with Crippen molar-refractivity contribution in [2.45, 2.75) is 55.5 Å². The molecule has 3 aromatic rings. The molecule has 0 aliphatic carbocycles. The van der Waals surface area contributed by atoms with Gasteiger partial charge in [0.15, 0.2) is 29.7 Å². The summed E-state index contributed by atoms with van der Waals surface area (Å²) in [6, 6.07) is 2.09. The van der Waals surface area contributed by atoms with E-state index in [0.29, 0.717) is 9.37 Å². The van der Waals surface area contributed by atoms with Crippen LogP contribution in [-0.4, -0.2) is 68.2 Å². The minimum Gasteiger partial charge on any atom is -0.463 e. The average Bonchev–Trinajstić information content (AvgIpc) is 3.37. The molecule has 1 saturated heterocycles. The van der Waals surface area contributed by atoms with Crippen LogP contribution in [0.2, 0.25) is 0 Å². The number of hydrogen-bond acceptors (Lipinski definition) is 11. The number of benzene rings is 1. The van der Waals surface area contributed by atoms with E-state index in [9.17, 15) is 27.6 Å². The van der Waals surface area contributed by atoms with E-state index in [4.69, 9.17) is 18.9 Å². The number of esters is 3. The Morgan fingerprint density at radius 3 is 2.27 bits per heavy atom. The van der Waals surface area contributed by atoms with E-state index in [1.807, 2.05) is 0 Å². The molecule has 0 amide bonds. The van der Waals surface area contributed by atoms with Crippen molar-refractivity contribution >= 4 is 45.6 Å². The number of carbonyl (C=O) groups is 3. The molecule has 0 spiro atoms. The smallest absolute Gasteiger partial charge is 0.303 e. The standard InChI is InChI=1S/C25H22BrF3N4O7S/c1-11(34)37-10-20-23(38-12(2)35)22(33-9-19(31-32-33)14-4-17(27)21(29)18(28)5-14)24(39-13(3)36)25(40-20)41-16-6-15(26)7-30-8-16/h4-9,20,22-25H,10H2,1-3H3/t20?,22?,23-,24-,25+/m0/s1. The highest BCUT2D eigenvalue weighted by molar-refractivity contribution is 9.10. The lowest BCUT2D eigenvalue weighted by molar-refractivity contribution is -0.212. The van der Waals surface area contributed by atoms with Crippen LogP contribution >= 0.6 is 27.7 Å². The molecular weight excluding hydrogens is 637 g/mol. The Morgan fingerprint density at radius 1 is 1.00 bits per heavy atom. The first-order valence-electron chi connectivity index (χ1n) is 11.9. The molecule has 0 N–H and O–H groups in total. The van der Waals surface area contributed by atoms with E-state index >= 15 is 0 Å². The van der Waals surface area contributed by atoms with Crippen molar-refractivity contribution in [1.82, 2.24) is 20.0 Å². The van der Waals surface area contributed by atoms with Crippen LogP contribution in [0, 0.1) is 17.5 Å². The predicted octanol–water partition coefficient (Wildman–Crippen LogP) is 4.00. The maximum atomic E-state index is 13.9. The first-order chi connectivity index (χ1) is 19.4. The van der Waals surface area contributed by atoms with Gasteiger partial charge in [0.25, 0.3) is 0 Å². The van der Waals surface area contributed by atoms with Gasteiger partial charge in [0.05, 0.1) is 6.20 Å². The van der Waals surface area contributed by atoms with Crippen LogP contribution in [-0.2, 0) is 33.3 Å². The topological polar surface area (TPSA) is 132 Å². The highest BCUT2D eigenvalue weighted by atomic mass is 79.9. The molecule has 11 nitrogen and oxygen atoms in total. The Bertz CT molecular complexity index is 1440. The van der Waals surface area contributed by atoms with E-state index in [1.54, 1.807) is 18.5 Å². The maximum absolute atomic E-state index is 13.9. The molecule has 0 saturated carbocycles. The fourth-order valence-corrected chi connectivity index (χ4v) is 5.78. The normalized spacial score (nSPS) is 22.2. The summed E-state index contributed by atoms with van der Waals surface area (Å²) >= 11 is 4.46. The molecule has 218 valence electrons. The zero-order chi connectivity index (χ0) is 29.8. The maximum Gasteiger partial charge on any atom is 0.303 e. The van der Waals surface area contributed by atoms with Gasteiger partial charge in [-0.2, -0.15) is 0 Å². The molecule has 2 unspecified atom stereocenters.